The molecule has 3 N–H and O–H groups in total. The van der Waals surface area contributed by atoms with Gasteiger partial charge in [0.15, 0.2) is 0 Å². The highest BCUT2D eigenvalue weighted by Gasteiger charge is 2.42. The van der Waals surface area contributed by atoms with Crippen LogP contribution in [0.3, 0.4) is 0 Å². The van der Waals surface area contributed by atoms with E-state index in [4.69, 9.17) is 10.5 Å². The number of hydrogen-bond donors (Lipinski definition) is 2. The van der Waals surface area contributed by atoms with E-state index in [0.717, 1.165) is 38.0 Å². The summed E-state index contributed by atoms with van der Waals surface area (Å²) in [6, 6.07) is 8.65. The van der Waals surface area contributed by atoms with Crippen LogP contribution in [0.1, 0.15) is 63.4 Å². The summed E-state index contributed by atoms with van der Waals surface area (Å²) in [6.45, 7) is 0.726. The number of nitrogens with one attached hydrogen (secondary N) is 1. The van der Waals surface area contributed by atoms with E-state index in [1.165, 1.54) is 37.7 Å². The number of carbonyl (C=O) groups is 1. The highest BCUT2D eigenvalue weighted by Crippen LogP contribution is 2.45. The number of fused-ring (bicyclic) bond motifs is 2. The van der Waals surface area contributed by atoms with Crippen LogP contribution in [0.25, 0.3) is 0 Å². The molecule has 0 aliphatic heterocycles. The maximum atomic E-state index is 13.0. The molecule has 4 nitrogen and oxygen atoms in total. The van der Waals surface area contributed by atoms with E-state index in [-0.39, 0.29) is 17.2 Å². The van der Waals surface area contributed by atoms with Crippen LogP contribution in [0, 0.1) is 17.8 Å². The molecule has 1 amide bonds. The molecule has 3 aliphatic rings. The molecule has 4 rings (SSSR count). The van der Waals surface area contributed by atoms with Crippen LogP contribution in [-0.2, 0) is 10.2 Å². The van der Waals surface area contributed by atoms with E-state index in [0.29, 0.717) is 17.9 Å². The smallest absolute Gasteiger partial charge is 0.223 e. The van der Waals surface area contributed by atoms with Gasteiger partial charge in [-0.05, 0) is 56.4 Å². The second-order valence-electron chi connectivity index (χ2n) is 9.10. The minimum Gasteiger partial charge on any atom is -0.496 e. The predicted octanol–water partition coefficient (Wildman–Crippen LogP) is 3.78. The minimum absolute atomic E-state index is 0.0171. The van der Waals surface area contributed by atoms with Crippen LogP contribution < -0.4 is 15.8 Å². The minimum atomic E-state index is 0.0171. The zero-order chi connectivity index (χ0) is 18.9. The summed E-state index contributed by atoms with van der Waals surface area (Å²) in [4.78, 5) is 13.0. The van der Waals surface area contributed by atoms with Gasteiger partial charge in [0.05, 0.1) is 7.11 Å². The molecule has 3 fully saturated rings. The Balaban J connectivity index is 1.45. The molecule has 3 aliphatic carbocycles. The first-order valence-corrected chi connectivity index (χ1v) is 10.8. The highest BCUT2D eigenvalue weighted by atomic mass is 16.5. The van der Waals surface area contributed by atoms with Crippen LogP contribution in [0.15, 0.2) is 24.3 Å². The molecule has 0 aromatic heterocycles. The molecule has 0 spiro atoms. The van der Waals surface area contributed by atoms with Crippen LogP contribution in [0.4, 0.5) is 0 Å². The lowest BCUT2D eigenvalue weighted by Crippen LogP contribution is -2.50. The third-order valence-corrected chi connectivity index (χ3v) is 7.62. The first-order chi connectivity index (χ1) is 13.1. The van der Waals surface area contributed by atoms with E-state index in [2.05, 4.69) is 17.4 Å². The molecule has 3 saturated carbocycles. The lowest BCUT2D eigenvalue weighted by molar-refractivity contribution is -0.128. The maximum Gasteiger partial charge on any atom is 0.223 e. The lowest BCUT2D eigenvalue weighted by Gasteiger charge is -2.43. The Morgan fingerprint density at radius 3 is 2.48 bits per heavy atom. The van der Waals surface area contributed by atoms with E-state index in [9.17, 15) is 4.79 Å². The van der Waals surface area contributed by atoms with E-state index in [1.54, 1.807) is 7.11 Å². The van der Waals surface area contributed by atoms with E-state index in [1.807, 2.05) is 12.1 Å². The number of rotatable bonds is 5. The molecule has 148 valence electrons. The first-order valence-electron chi connectivity index (χ1n) is 10.8. The van der Waals surface area contributed by atoms with Crippen molar-refractivity contribution < 1.29 is 9.53 Å². The number of para-hydroxylation sites is 1. The molecule has 0 heterocycles. The highest BCUT2D eigenvalue weighted by molar-refractivity contribution is 5.79. The Morgan fingerprint density at radius 1 is 1.15 bits per heavy atom. The van der Waals surface area contributed by atoms with Crippen molar-refractivity contribution in [2.75, 3.05) is 13.7 Å². The fourth-order valence-electron chi connectivity index (χ4n) is 6.08. The lowest BCUT2D eigenvalue weighted by atomic mass is 9.65. The topological polar surface area (TPSA) is 64.3 Å². The molecule has 4 heteroatoms. The van der Waals surface area contributed by atoms with Crippen LogP contribution in [0.2, 0.25) is 0 Å². The second-order valence-corrected chi connectivity index (χ2v) is 9.10. The third kappa shape index (κ3) is 3.61. The molecule has 0 saturated heterocycles. The summed E-state index contributed by atoms with van der Waals surface area (Å²) < 4.78 is 5.64. The zero-order valence-electron chi connectivity index (χ0n) is 16.6. The molecule has 0 radical (unpaired) electrons. The van der Waals surface area contributed by atoms with Crippen molar-refractivity contribution in [1.29, 1.82) is 0 Å². The van der Waals surface area contributed by atoms with Crippen LogP contribution in [-0.4, -0.2) is 25.6 Å². The number of benzene rings is 1. The molecule has 1 aromatic carbocycles. The quantitative estimate of drug-likeness (QED) is 0.829. The fraction of sp³-hybridized carbons (Fsp3) is 0.696. The van der Waals surface area contributed by atoms with Gasteiger partial charge in [-0.2, -0.15) is 0 Å². The van der Waals surface area contributed by atoms with Crippen molar-refractivity contribution in [3.63, 3.8) is 0 Å². The second kappa shape index (κ2) is 7.83. The van der Waals surface area contributed by atoms with Crippen molar-refractivity contribution in [2.24, 2.45) is 23.5 Å². The zero-order valence-corrected chi connectivity index (χ0v) is 16.6. The first kappa shape index (κ1) is 18.8. The molecule has 2 unspecified atom stereocenters. The number of methoxy groups -OCH3 is 1. The standard InChI is InChI=1S/C23H34N2O2/c1-27-20-10-3-2-9-19(20)23(11-4-5-12-23)15-25-22(26)18-13-16-7-6-8-17(14-18)21(16)24/h2-3,9-10,16-18,21H,4-8,11-15,24H2,1H3,(H,25,26). The van der Waals surface area contributed by atoms with Crippen molar-refractivity contribution in [3.05, 3.63) is 29.8 Å². The van der Waals surface area contributed by atoms with Crippen molar-refractivity contribution in [2.45, 2.75) is 69.2 Å². The normalized spacial score (nSPS) is 32.1. The van der Waals surface area contributed by atoms with Crippen molar-refractivity contribution in [1.82, 2.24) is 5.32 Å². The molecule has 2 atom stereocenters. The molecular weight excluding hydrogens is 336 g/mol. The number of amides is 1. The van der Waals surface area contributed by atoms with Crippen LogP contribution in [0.5, 0.6) is 5.75 Å². The van der Waals surface area contributed by atoms with Gasteiger partial charge in [-0.3, -0.25) is 4.79 Å². The number of hydrogen-bond acceptors (Lipinski definition) is 3. The average molecular weight is 371 g/mol. The summed E-state index contributed by atoms with van der Waals surface area (Å²) in [5.41, 5.74) is 7.68. The van der Waals surface area contributed by atoms with Gasteiger partial charge < -0.3 is 15.8 Å². The van der Waals surface area contributed by atoms with Crippen molar-refractivity contribution >= 4 is 5.91 Å². The van der Waals surface area contributed by atoms with Gasteiger partial charge in [0.25, 0.3) is 0 Å². The van der Waals surface area contributed by atoms with Crippen LogP contribution >= 0.6 is 0 Å². The molecule has 2 bridgehead atoms. The fourth-order valence-corrected chi connectivity index (χ4v) is 6.08. The maximum absolute atomic E-state index is 13.0. The van der Waals surface area contributed by atoms with Gasteiger partial charge in [-0.25, -0.2) is 0 Å². The van der Waals surface area contributed by atoms with Gasteiger partial charge in [0.2, 0.25) is 5.91 Å². The third-order valence-electron chi connectivity index (χ3n) is 7.62. The Labute approximate surface area is 163 Å². The average Bonchev–Trinajstić information content (AvgIpc) is 3.16. The van der Waals surface area contributed by atoms with Gasteiger partial charge in [-0.1, -0.05) is 37.5 Å². The Kier molecular flexibility index (Phi) is 5.45. The summed E-state index contributed by atoms with van der Waals surface area (Å²) in [5, 5.41) is 3.35. The Bertz CT molecular complexity index is 654. The van der Waals surface area contributed by atoms with E-state index < -0.39 is 0 Å². The molecular formula is C23H34N2O2. The summed E-state index contributed by atoms with van der Waals surface area (Å²) in [7, 11) is 1.74. The largest absolute Gasteiger partial charge is 0.496 e. The summed E-state index contributed by atoms with van der Waals surface area (Å²) >= 11 is 0. The van der Waals surface area contributed by atoms with Crippen molar-refractivity contribution in [3.8, 4) is 5.75 Å². The monoisotopic (exact) mass is 370 g/mol. The van der Waals surface area contributed by atoms with Gasteiger partial charge in [-0.15, -0.1) is 0 Å². The molecule has 1 aromatic rings. The SMILES string of the molecule is COc1ccccc1C1(CNC(=O)C2CC3CCCC(C2)C3N)CCCC1. The summed E-state index contributed by atoms with van der Waals surface area (Å²) in [6.07, 6.45) is 10.3. The number of ether oxygens (including phenoxy) is 1. The van der Waals surface area contributed by atoms with E-state index >= 15 is 0 Å². The number of nitrogens with two attached hydrogens (primary N) is 1. The molecule has 27 heavy (non-hydrogen) atoms. The van der Waals surface area contributed by atoms with Gasteiger partial charge in [0, 0.05) is 29.5 Å². The predicted molar refractivity (Wildman–Crippen MR) is 108 cm³/mol. The summed E-state index contributed by atoms with van der Waals surface area (Å²) in [5.74, 6) is 2.44. The van der Waals surface area contributed by atoms with Gasteiger partial charge in [0.1, 0.15) is 5.75 Å². The number of carbonyl (C=O) groups excluding carboxylic acids is 1. The Hall–Kier alpha value is -1.55. The Morgan fingerprint density at radius 2 is 1.81 bits per heavy atom. The van der Waals surface area contributed by atoms with Gasteiger partial charge >= 0.3 is 0 Å².